The molecule has 0 radical (unpaired) electrons. The van der Waals surface area contributed by atoms with Crippen LogP contribution in [0.4, 0.5) is 0 Å². The Hall–Kier alpha value is -1.84. The maximum absolute atomic E-state index is 11.5. The van der Waals surface area contributed by atoms with Gasteiger partial charge < -0.3 is 4.42 Å². The van der Waals surface area contributed by atoms with E-state index in [1.165, 1.54) is 10.9 Å². The Balaban J connectivity index is 1.90. The Morgan fingerprint density at radius 2 is 2.50 bits per heavy atom. The fraction of sp³-hybridized carbons (Fsp3) is 0.200. The lowest BCUT2D eigenvalue weighted by Gasteiger charge is -1.98. The van der Waals surface area contributed by atoms with Crippen molar-refractivity contribution >= 4 is 5.91 Å². The van der Waals surface area contributed by atoms with E-state index in [1.54, 1.807) is 18.7 Å². The highest BCUT2D eigenvalue weighted by molar-refractivity contribution is 5.78. The van der Waals surface area contributed by atoms with Crippen LogP contribution in [0.25, 0.3) is 0 Å². The number of nitrogens with zero attached hydrogens (tertiary/aromatic N) is 2. The topological polar surface area (TPSA) is 48.0 Å². The molecule has 0 amide bonds. The molecule has 0 bridgehead atoms. The van der Waals surface area contributed by atoms with Crippen molar-refractivity contribution in [2.75, 3.05) is 0 Å². The minimum atomic E-state index is 0.0268. The zero-order valence-electron chi connectivity index (χ0n) is 7.59. The Kier molecular flexibility index (Phi) is 2.44. The number of imidazole rings is 1. The van der Waals surface area contributed by atoms with E-state index in [9.17, 15) is 4.79 Å². The first-order chi connectivity index (χ1) is 6.86. The molecule has 0 fully saturated rings. The van der Waals surface area contributed by atoms with Crippen molar-refractivity contribution in [1.29, 1.82) is 0 Å². The van der Waals surface area contributed by atoms with Crippen molar-refractivity contribution in [1.82, 2.24) is 9.55 Å². The van der Waals surface area contributed by atoms with Crippen LogP contribution < -0.4 is 0 Å². The molecule has 72 valence electrons. The lowest BCUT2D eigenvalue weighted by molar-refractivity contribution is 0.0900. The van der Waals surface area contributed by atoms with Gasteiger partial charge >= 0.3 is 0 Å². The van der Waals surface area contributed by atoms with Gasteiger partial charge in [0, 0.05) is 25.2 Å². The standard InChI is InChI=1S/C10H10N2O2/c13-10(12-6-5-11-8-12)4-3-9-2-1-7-14-9/h1-2,5-8H,3-4H2. The summed E-state index contributed by atoms with van der Waals surface area (Å²) in [6, 6.07) is 3.68. The van der Waals surface area contributed by atoms with E-state index in [2.05, 4.69) is 4.98 Å². The van der Waals surface area contributed by atoms with Crippen LogP contribution in [0.5, 0.6) is 0 Å². The van der Waals surface area contributed by atoms with Crippen molar-refractivity contribution in [3.63, 3.8) is 0 Å². The number of hydrogen-bond donors (Lipinski definition) is 0. The summed E-state index contributed by atoms with van der Waals surface area (Å²) in [7, 11) is 0. The second-order valence-corrected chi connectivity index (χ2v) is 2.94. The molecule has 0 aliphatic carbocycles. The molecular formula is C10H10N2O2. The highest BCUT2D eigenvalue weighted by Crippen LogP contribution is 2.04. The third-order valence-corrected chi connectivity index (χ3v) is 1.96. The first-order valence-electron chi connectivity index (χ1n) is 4.40. The molecule has 2 heterocycles. The van der Waals surface area contributed by atoms with Gasteiger partial charge in [0.15, 0.2) is 0 Å². The second kappa shape index (κ2) is 3.91. The summed E-state index contributed by atoms with van der Waals surface area (Å²) in [4.78, 5) is 15.3. The Morgan fingerprint density at radius 3 is 3.14 bits per heavy atom. The summed E-state index contributed by atoms with van der Waals surface area (Å²) in [6.45, 7) is 0. The van der Waals surface area contributed by atoms with E-state index in [1.807, 2.05) is 12.1 Å². The number of carbonyl (C=O) groups is 1. The maximum atomic E-state index is 11.5. The molecule has 0 saturated heterocycles. The number of hydrogen-bond acceptors (Lipinski definition) is 3. The normalized spacial score (nSPS) is 10.3. The highest BCUT2D eigenvalue weighted by Gasteiger charge is 2.05. The summed E-state index contributed by atoms with van der Waals surface area (Å²) >= 11 is 0. The van der Waals surface area contributed by atoms with E-state index in [4.69, 9.17) is 4.42 Å². The number of carbonyl (C=O) groups excluding carboxylic acids is 1. The minimum Gasteiger partial charge on any atom is -0.469 e. The van der Waals surface area contributed by atoms with Crippen LogP contribution >= 0.6 is 0 Å². The molecule has 0 aromatic carbocycles. The smallest absolute Gasteiger partial charge is 0.232 e. The van der Waals surface area contributed by atoms with E-state index in [0.29, 0.717) is 12.8 Å². The van der Waals surface area contributed by atoms with Crippen LogP contribution in [0.1, 0.15) is 17.0 Å². The SMILES string of the molecule is O=C(CCc1ccco1)n1ccnc1. The molecule has 2 aromatic heterocycles. The quantitative estimate of drug-likeness (QED) is 0.740. The van der Waals surface area contributed by atoms with Crippen molar-refractivity contribution in [2.45, 2.75) is 12.8 Å². The first-order valence-corrected chi connectivity index (χ1v) is 4.40. The van der Waals surface area contributed by atoms with Gasteiger partial charge in [-0.15, -0.1) is 0 Å². The summed E-state index contributed by atoms with van der Waals surface area (Å²) in [5.74, 6) is 0.859. The molecule has 4 nitrogen and oxygen atoms in total. The fourth-order valence-electron chi connectivity index (χ4n) is 1.22. The Labute approximate surface area is 81.2 Å². The number of rotatable bonds is 3. The molecule has 2 aromatic rings. The van der Waals surface area contributed by atoms with Gasteiger partial charge in [-0.1, -0.05) is 0 Å². The molecule has 0 saturated carbocycles. The molecule has 0 aliphatic heterocycles. The van der Waals surface area contributed by atoms with Gasteiger partial charge in [-0.3, -0.25) is 9.36 Å². The monoisotopic (exact) mass is 190 g/mol. The van der Waals surface area contributed by atoms with Crippen LogP contribution in [0, 0.1) is 0 Å². The van der Waals surface area contributed by atoms with E-state index in [-0.39, 0.29) is 5.91 Å². The summed E-state index contributed by atoms with van der Waals surface area (Å²) in [6.07, 6.45) is 7.41. The molecule has 0 aliphatic rings. The third kappa shape index (κ3) is 1.90. The number of furan rings is 1. The Bertz CT molecular complexity index is 390. The van der Waals surface area contributed by atoms with Crippen LogP contribution in [-0.4, -0.2) is 15.5 Å². The van der Waals surface area contributed by atoms with Gasteiger partial charge in [0.1, 0.15) is 12.1 Å². The predicted molar refractivity (Wildman–Crippen MR) is 49.9 cm³/mol. The molecule has 0 spiro atoms. The van der Waals surface area contributed by atoms with Crippen LogP contribution in [0.15, 0.2) is 41.5 Å². The Morgan fingerprint density at radius 1 is 1.57 bits per heavy atom. The van der Waals surface area contributed by atoms with Gasteiger partial charge in [0.05, 0.1) is 6.26 Å². The van der Waals surface area contributed by atoms with Crippen LogP contribution in [-0.2, 0) is 6.42 Å². The van der Waals surface area contributed by atoms with Gasteiger partial charge in [-0.25, -0.2) is 4.98 Å². The highest BCUT2D eigenvalue weighted by atomic mass is 16.3. The lowest BCUT2D eigenvalue weighted by Crippen LogP contribution is -2.08. The third-order valence-electron chi connectivity index (χ3n) is 1.96. The van der Waals surface area contributed by atoms with Gasteiger partial charge in [0.25, 0.3) is 0 Å². The van der Waals surface area contributed by atoms with E-state index >= 15 is 0 Å². The molecule has 2 rings (SSSR count). The van der Waals surface area contributed by atoms with Crippen molar-refractivity contribution < 1.29 is 9.21 Å². The maximum Gasteiger partial charge on any atom is 0.232 e. The van der Waals surface area contributed by atoms with Crippen molar-refractivity contribution in [3.8, 4) is 0 Å². The second-order valence-electron chi connectivity index (χ2n) is 2.94. The van der Waals surface area contributed by atoms with Crippen molar-refractivity contribution in [3.05, 3.63) is 42.9 Å². The fourth-order valence-corrected chi connectivity index (χ4v) is 1.22. The molecular weight excluding hydrogens is 180 g/mol. The average Bonchev–Trinajstić information content (AvgIpc) is 2.87. The molecule has 0 N–H and O–H groups in total. The van der Waals surface area contributed by atoms with Crippen LogP contribution in [0.2, 0.25) is 0 Å². The lowest BCUT2D eigenvalue weighted by atomic mass is 10.2. The number of aromatic nitrogens is 2. The minimum absolute atomic E-state index is 0.0268. The molecule has 4 heteroatoms. The predicted octanol–water partition coefficient (Wildman–Crippen LogP) is 1.75. The zero-order chi connectivity index (χ0) is 9.80. The van der Waals surface area contributed by atoms with E-state index < -0.39 is 0 Å². The molecule has 0 unspecified atom stereocenters. The summed E-state index contributed by atoms with van der Waals surface area (Å²) < 4.78 is 6.60. The first kappa shape index (κ1) is 8.74. The number of aryl methyl sites for hydroxylation is 1. The largest absolute Gasteiger partial charge is 0.469 e. The van der Waals surface area contributed by atoms with Crippen molar-refractivity contribution in [2.24, 2.45) is 0 Å². The van der Waals surface area contributed by atoms with E-state index in [0.717, 1.165) is 5.76 Å². The van der Waals surface area contributed by atoms with Gasteiger partial charge in [-0.2, -0.15) is 0 Å². The zero-order valence-corrected chi connectivity index (χ0v) is 7.59. The summed E-state index contributed by atoms with van der Waals surface area (Å²) in [5.41, 5.74) is 0. The van der Waals surface area contributed by atoms with Gasteiger partial charge in [-0.05, 0) is 12.1 Å². The average molecular weight is 190 g/mol. The molecule has 14 heavy (non-hydrogen) atoms. The molecule has 0 atom stereocenters. The van der Waals surface area contributed by atoms with Gasteiger partial charge in [0.2, 0.25) is 5.91 Å². The van der Waals surface area contributed by atoms with Crippen LogP contribution in [0.3, 0.4) is 0 Å². The summed E-state index contributed by atoms with van der Waals surface area (Å²) in [5, 5.41) is 0.